The van der Waals surface area contributed by atoms with Crippen molar-refractivity contribution < 1.29 is 9.90 Å². The number of imidazole rings is 1. The first-order valence-electron chi connectivity index (χ1n) is 9.67. The highest BCUT2D eigenvalue weighted by atomic mass is 16.3. The van der Waals surface area contributed by atoms with E-state index in [4.69, 9.17) is 0 Å². The van der Waals surface area contributed by atoms with E-state index in [1.165, 1.54) is 0 Å². The molecule has 29 heavy (non-hydrogen) atoms. The first-order chi connectivity index (χ1) is 13.9. The van der Waals surface area contributed by atoms with Crippen molar-refractivity contribution in [1.82, 2.24) is 19.9 Å². The maximum Gasteiger partial charge on any atom is 0.251 e. The number of rotatable bonds is 7. The quantitative estimate of drug-likeness (QED) is 0.573. The van der Waals surface area contributed by atoms with Crippen molar-refractivity contribution in [2.75, 3.05) is 6.54 Å². The molecule has 0 unspecified atom stereocenters. The molecule has 3 aromatic rings. The normalized spacial score (nSPS) is 10.9. The standard InChI is InChI=1S/C22H26N4O3/c1-4-16-11-20(14(2)25-22(16)29)17-6-5-7-18(10-17)21(28)23-8-9-26-15(3)24-12-19(26)13-27/h5-7,10-12,27H,4,8-9,13H2,1-3H3,(H,23,28)(H,25,29). The van der Waals surface area contributed by atoms with Crippen LogP contribution in [-0.4, -0.2) is 32.1 Å². The Kier molecular flexibility index (Phi) is 6.29. The number of nitrogens with zero attached hydrogens (tertiary/aromatic N) is 2. The zero-order chi connectivity index (χ0) is 21.0. The highest BCUT2D eigenvalue weighted by Gasteiger charge is 2.11. The average Bonchev–Trinajstić information content (AvgIpc) is 3.08. The van der Waals surface area contributed by atoms with Crippen LogP contribution >= 0.6 is 0 Å². The van der Waals surface area contributed by atoms with Crippen LogP contribution in [0.2, 0.25) is 0 Å². The maximum atomic E-state index is 12.6. The number of hydrogen-bond acceptors (Lipinski definition) is 4. The Hall–Kier alpha value is -3.19. The molecule has 7 heteroatoms. The summed E-state index contributed by atoms with van der Waals surface area (Å²) in [6, 6.07) is 9.26. The predicted octanol–water partition coefficient (Wildman–Crippen LogP) is 2.34. The SMILES string of the molecule is CCc1cc(-c2cccc(C(=O)NCCn3c(CO)cnc3C)c2)c(C)[nH]c1=O. The van der Waals surface area contributed by atoms with Gasteiger partial charge in [0.2, 0.25) is 0 Å². The second kappa shape index (κ2) is 8.87. The number of nitrogens with one attached hydrogen (secondary N) is 2. The molecule has 0 aliphatic rings. The van der Waals surface area contributed by atoms with Crippen LogP contribution in [0, 0.1) is 13.8 Å². The molecule has 0 saturated heterocycles. The molecule has 0 bridgehead atoms. The first-order valence-corrected chi connectivity index (χ1v) is 9.67. The van der Waals surface area contributed by atoms with Gasteiger partial charge in [-0.05, 0) is 44.0 Å². The molecule has 1 amide bonds. The maximum absolute atomic E-state index is 12.6. The van der Waals surface area contributed by atoms with E-state index in [1.54, 1.807) is 12.3 Å². The number of benzene rings is 1. The summed E-state index contributed by atoms with van der Waals surface area (Å²) in [6.45, 7) is 6.53. The van der Waals surface area contributed by atoms with Crippen molar-refractivity contribution >= 4 is 5.91 Å². The third kappa shape index (κ3) is 4.46. The number of aromatic amines is 1. The zero-order valence-electron chi connectivity index (χ0n) is 17.0. The van der Waals surface area contributed by atoms with Gasteiger partial charge in [0.25, 0.3) is 11.5 Å². The molecule has 152 valence electrons. The molecule has 0 aliphatic heterocycles. The van der Waals surface area contributed by atoms with Gasteiger partial charge in [0.1, 0.15) is 5.82 Å². The molecule has 0 atom stereocenters. The lowest BCUT2D eigenvalue weighted by Gasteiger charge is -2.12. The molecule has 0 aliphatic carbocycles. The summed E-state index contributed by atoms with van der Waals surface area (Å²) in [6.07, 6.45) is 2.28. The molecule has 0 fully saturated rings. The summed E-state index contributed by atoms with van der Waals surface area (Å²) >= 11 is 0. The second-order valence-electron chi connectivity index (χ2n) is 6.96. The number of carbonyl (C=O) groups excluding carboxylic acids is 1. The van der Waals surface area contributed by atoms with E-state index in [9.17, 15) is 14.7 Å². The second-order valence-corrected chi connectivity index (χ2v) is 6.96. The summed E-state index contributed by atoms with van der Waals surface area (Å²) in [5.74, 6) is 0.624. The Balaban J connectivity index is 1.75. The van der Waals surface area contributed by atoms with Crippen LogP contribution in [0.1, 0.15) is 40.1 Å². The fourth-order valence-electron chi connectivity index (χ4n) is 3.39. The molecule has 2 aromatic heterocycles. The zero-order valence-corrected chi connectivity index (χ0v) is 17.0. The fraction of sp³-hybridized carbons (Fsp3) is 0.318. The van der Waals surface area contributed by atoms with Gasteiger partial charge < -0.3 is 20.0 Å². The molecule has 7 nitrogen and oxygen atoms in total. The summed E-state index contributed by atoms with van der Waals surface area (Å²) in [5.41, 5.74) is 4.49. The minimum Gasteiger partial charge on any atom is -0.390 e. The number of carbonyl (C=O) groups is 1. The van der Waals surface area contributed by atoms with E-state index in [-0.39, 0.29) is 18.1 Å². The van der Waals surface area contributed by atoms with Gasteiger partial charge in [-0.15, -0.1) is 0 Å². The van der Waals surface area contributed by atoms with E-state index in [0.717, 1.165) is 33.9 Å². The summed E-state index contributed by atoms with van der Waals surface area (Å²) in [4.78, 5) is 31.7. The first kappa shape index (κ1) is 20.5. The third-order valence-corrected chi connectivity index (χ3v) is 5.05. The average molecular weight is 394 g/mol. The summed E-state index contributed by atoms with van der Waals surface area (Å²) < 4.78 is 1.88. The van der Waals surface area contributed by atoms with Gasteiger partial charge in [-0.25, -0.2) is 4.98 Å². The number of hydrogen-bond donors (Lipinski definition) is 3. The van der Waals surface area contributed by atoms with Crippen molar-refractivity contribution in [2.24, 2.45) is 0 Å². The minimum absolute atomic E-state index is 0.0697. The Morgan fingerprint density at radius 2 is 2.07 bits per heavy atom. The third-order valence-electron chi connectivity index (χ3n) is 5.05. The van der Waals surface area contributed by atoms with Crippen LogP contribution in [0.4, 0.5) is 0 Å². The van der Waals surface area contributed by atoms with E-state index in [1.807, 2.05) is 49.6 Å². The molecule has 3 rings (SSSR count). The van der Waals surface area contributed by atoms with Gasteiger partial charge in [-0.1, -0.05) is 19.1 Å². The Morgan fingerprint density at radius 3 is 2.79 bits per heavy atom. The van der Waals surface area contributed by atoms with Crippen LogP contribution in [0.25, 0.3) is 11.1 Å². The van der Waals surface area contributed by atoms with Gasteiger partial charge in [0, 0.05) is 35.5 Å². The highest BCUT2D eigenvalue weighted by Crippen LogP contribution is 2.23. The van der Waals surface area contributed by atoms with E-state index in [0.29, 0.717) is 25.1 Å². The van der Waals surface area contributed by atoms with Crippen molar-refractivity contribution in [1.29, 1.82) is 0 Å². The Bertz CT molecular complexity index is 1080. The molecule has 0 saturated carbocycles. The Labute approximate surface area is 169 Å². The smallest absolute Gasteiger partial charge is 0.251 e. The predicted molar refractivity (Wildman–Crippen MR) is 112 cm³/mol. The van der Waals surface area contributed by atoms with Crippen molar-refractivity contribution in [3.63, 3.8) is 0 Å². The van der Waals surface area contributed by atoms with Crippen molar-refractivity contribution in [3.05, 3.63) is 75.2 Å². The lowest BCUT2D eigenvalue weighted by Crippen LogP contribution is -2.28. The van der Waals surface area contributed by atoms with Gasteiger partial charge >= 0.3 is 0 Å². The topological polar surface area (TPSA) is 100 Å². The molecular weight excluding hydrogens is 368 g/mol. The summed E-state index contributed by atoms with van der Waals surface area (Å²) in [7, 11) is 0. The molecule has 2 heterocycles. The largest absolute Gasteiger partial charge is 0.390 e. The van der Waals surface area contributed by atoms with Crippen LogP contribution in [0.5, 0.6) is 0 Å². The molecule has 3 N–H and O–H groups in total. The monoisotopic (exact) mass is 394 g/mol. The number of aliphatic hydroxyl groups is 1. The number of aryl methyl sites for hydroxylation is 3. The van der Waals surface area contributed by atoms with Crippen LogP contribution in [0.3, 0.4) is 0 Å². The molecule has 0 radical (unpaired) electrons. The van der Waals surface area contributed by atoms with Gasteiger partial charge in [-0.2, -0.15) is 0 Å². The van der Waals surface area contributed by atoms with Crippen molar-refractivity contribution in [3.8, 4) is 11.1 Å². The number of aromatic nitrogens is 3. The number of pyridine rings is 1. The van der Waals surface area contributed by atoms with E-state index < -0.39 is 0 Å². The van der Waals surface area contributed by atoms with Crippen LogP contribution in [0.15, 0.2) is 41.3 Å². The molecule has 1 aromatic carbocycles. The molecule has 0 spiro atoms. The van der Waals surface area contributed by atoms with Gasteiger partial charge in [0.15, 0.2) is 0 Å². The molecular formula is C22H26N4O3. The van der Waals surface area contributed by atoms with E-state index >= 15 is 0 Å². The van der Waals surface area contributed by atoms with Gasteiger partial charge in [-0.3, -0.25) is 9.59 Å². The number of amides is 1. The van der Waals surface area contributed by atoms with Gasteiger partial charge in [0.05, 0.1) is 18.5 Å². The van der Waals surface area contributed by atoms with Crippen LogP contribution < -0.4 is 10.9 Å². The van der Waals surface area contributed by atoms with E-state index in [2.05, 4.69) is 15.3 Å². The van der Waals surface area contributed by atoms with Crippen LogP contribution in [-0.2, 0) is 19.6 Å². The lowest BCUT2D eigenvalue weighted by atomic mass is 9.99. The lowest BCUT2D eigenvalue weighted by molar-refractivity contribution is 0.0952. The summed E-state index contributed by atoms with van der Waals surface area (Å²) in [5, 5.41) is 12.3. The number of aliphatic hydroxyl groups excluding tert-OH is 1. The fourth-order valence-corrected chi connectivity index (χ4v) is 3.39. The Morgan fingerprint density at radius 1 is 1.28 bits per heavy atom. The number of H-pyrrole nitrogens is 1. The minimum atomic E-state index is -0.173. The highest BCUT2D eigenvalue weighted by molar-refractivity contribution is 5.95. The van der Waals surface area contributed by atoms with Crippen molar-refractivity contribution in [2.45, 2.75) is 40.3 Å².